The topological polar surface area (TPSA) is 3.24 Å². The van der Waals surface area contributed by atoms with Gasteiger partial charge >= 0.3 is 0 Å². The Labute approximate surface area is 255 Å². The second-order valence-corrected chi connectivity index (χ2v) is 17.8. The minimum Gasteiger partial charge on any atom is -0.294 e. The molecule has 0 bridgehead atoms. The number of hydrogen-bond donors (Lipinski definition) is 0. The molecule has 0 amide bonds. The van der Waals surface area contributed by atoms with Crippen LogP contribution in [0.15, 0.2) is 0 Å². The molecule has 0 N–H and O–H groups in total. The van der Waals surface area contributed by atoms with Gasteiger partial charge in [-0.15, -0.1) is 0 Å². The van der Waals surface area contributed by atoms with Gasteiger partial charge in [-0.3, -0.25) is 4.90 Å². The fourth-order valence-electron chi connectivity index (χ4n) is 14.4. The molecule has 8 unspecified atom stereocenters. The first-order valence-corrected chi connectivity index (χ1v) is 20.1. The number of nitrogens with zero attached hydrogens (tertiary/aromatic N) is 1. The van der Waals surface area contributed by atoms with Crippen molar-refractivity contribution in [2.45, 2.75) is 191 Å². The van der Waals surface area contributed by atoms with E-state index in [-0.39, 0.29) is 0 Å². The Kier molecular flexibility index (Phi) is 8.85. The van der Waals surface area contributed by atoms with Gasteiger partial charge in [-0.1, -0.05) is 89.9 Å². The van der Waals surface area contributed by atoms with Crippen molar-refractivity contribution in [2.75, 3.05) is 0 Å². The standard InChI is InChI=1S/C40H67N/c1-3-10-28(11-4-1)29-18-20-36(21-19-29)41(35-15-5-2-6-16-35)37-22-23-39-34(27-37)26-32-14-9-17-38(40(32)39)33-24-30-12-7-8-13-31(30)25-33/h28-40H,1-27H2. The molecule has 8 rings (SSSR count). The zero-order valence-corrected chi connectivity index (χ0v) is 27.0. The molecule has 41 heavy (non-hydrogen) atoms. The number of rotatable bonds is 5. The highest BCUT2D eigenvalue weighted by molar-refractivity contribution is 5.04. The van der Waals surface area contributed by atoms with Crippen molar-refractivity contribution >= 4 is 0 Å². The summed E-state index contributed by atoms with van der Waals surface area (Å²) >= 11 is 0. The molecular weight excluding hydrogens is 494 g/mol. The van der Waals surface area contributed by atoms with Gasteiger partial charge in [-0.25, -0.2) is 0 Å². The molecule has 8 aliphatic rings. The van der Waals surface area contributed by atoms with Crippen molar-refractivity contribution < 1.29 is 0 Å². The third-order valence-electron chi connectivity index (χ3n) is 16.0. The Balaban J connectivity index is 0.944. The highest BCUT2D eigenvalue weighted by Gasteiger charge is 2.54. The molecule has 8 aliphatic carbocycles. The Morgan fingerprint density at radius 2 is 0.756 bits per heavy atom. The Morgan fingerprint density at radius 1 is 0.268 bits per heavy atom. The van der Waals surface area contributed by atoms with Crippen LogP contribution in [0.3, 0.4) is 0 Å². The molecule has 1 nitrogen and oxygen atoms in total. The lowest BCUT2D eigenvalue weighted by Crippen LogP contribution is -2.53. The van der Waals surface area contributed by atoms with Crippen LogP contribution in [0.25, 0.3) is 0 Å². The normalized spacial score (nSPS) is 48.1. The van der Waals surface area contributed by atoms with Gasteiger partial charge in [0.15, 0.2) is 0 Å². The summed E-state index contributed by atoms with van der Waals surface area (Å²) in [4.78, 5) is 3.31. The fraction of sp³-hybridized carbons (Fsp3) is 1.00. The zero-order valence-electron chi connectivity index (χ0n) is 27.0. The summed E-state index contributed by atoms with van der Waals surface area (Å²) in [6.45, 7) is 0. The molecule has 232 valence electrons. The molecule has 0 aromatic rings. The molecule has 0 saturated heterocycles. The predicted octanol–water partition coefficient (Wildman–Crippen LogP) is 11.2. The molecule has 0 radical (unpaired) electrons. The van der Waals surface area contributed by atoms with Crippen LogP contribution in [0.4, 0.5) is 0 Å². The van der Waals surface area contributed by atoms with Gasteiger partial charge in [0, 0.05) is 18.1 Å². The first kappa shape index (κ1) is 28.4. The lowest BCUT2D eigenvalue weighted by Gasteiger charge is -2.51. The molecule has 8 atom stereocenters. The molecule has 0 aromatic carbocycles. The minimum absolute atomic E-state index is 0.942. The smallest absolute Gasteiger partial charge is 0.0104 e. The molecule has 8 fully saturated rings. The quantitative estimate of drug-likeness (QED) is 0.323. The lowest BCUT2D eigenvalue weighted by molar-refractivity contribution is -0.0139. The summed E-state index contributed by atoms with van der Waals surface area (Å²) in [6.07, 6.45) is 42.5. The largest absolute Gasteiger partial charge is 0.294 e. The van der Waals surface area contributed by atoms with Crippen molar-refractivity contribution in [2.24, 2.45) is 59.2 Å². The summed E-state index contributed by atoms with van der Waals surface area (Å²) in [5, 5.41) is 0. The van der Waals surface area contributed by atoms with Crippen molar-refractivity contribution in [3.05, 3.63) is 0 Å². The van der Waals surface area contributed by atoms with E-state index in [0.717, 1.165) is 77.3 Å². The van der Waals surface area contributed by atoms with Gasteiger partial charge in [0.1, 0.15) is 0 Å². The van der Waals surface area contributed by atoms with Crippen molar-refractivity contribution in [1.82, 2.24) is 4.90 Å². The van der Waals surface area contributed by atoms with Gasteiger partial charge in [0.2, 0.25) is 0 Å². The second kappa shape index (κ2) is 12.8. The SMILES string of the molecule is C1CCC(C2CCC(N(C3CCCCC3)C3CCC4C(CC5CCCC(C6CC7CCCCC7C6)C54)C3)CC2)CC1. The Hall–Kier alpha value is -0.0400. The van der Waals surface area contributed by atoms with E-state index in [1.54, 1.807) is 122 Å². The molecule has 0 aromatic heterocycles. The van der Waals surface area contributed by atoms with Crippen LogP contribution in [-0.4, -0.2) is 23.0 Å². The van der Waals surface area contributed by atoms with Crippen LogP contribution in [0.1, 0.15) is 173 Å². The van der Waals surface area contributed by atoms with Crippen molar-refractivity contribution in [1.29, 1.82) is 0 Å². The maximum atomic E-state index is 3.31. The average Bonchev–Trinajstić information content (AvgIpc) is 3.64. The molecule has 1 heteroatoms. The second-order valence-electron chi connectivity index (χ2n) is 17.8. The van der Waals surface area contributed by atoms with Crippen molar-refractivity contribution in [3.8, 4) is 0 Å². The summed E-state index contributed by atoms with van der Waals surface area (Å²) in [7, 11) is 0. The highest BCUT2D eigenvalue weighted by atomic mass is 15.2. The predicted molar refractivity (Wildman–Crippen MR) is 173 cm³/mol. The van der Waals surface area contributed by atoms with E-state index in [4.69, 9.17) is 0 Å². The minimum atomic E-state index is 0.942. The fourth-order valence-corrected chi connectivity index (χ4v) is 14.4. The van der Waals surface area contributed by atoms with Crippen molar-refractivity contribution in [3.63, 3.8) is 0 Å². The first-order valence-electron chi connectivity index (χ1n) is 20.1. The Bertz CT molecular complexity index is 816. The van der Waals surface area contributed by atoms with E-state index in [9.17, 15) is 0 Å². The van der Waals surface area contributed by atoms with Crippen LogP contribution < -0.4 is 0 Å². The summed E-state index contributed by atoms with van der Waals surface area (Å²) in [5.74, 6) is 11.2. The summed E-state index contributed by atoms with van der Waals surface area (Å²) in [5.41, 5.74) is 0. The lowest BCUT2D eigenvalue weighted by atomic mass is 9.63. The van der Waals surface area contributed by atoms with Gasteiger partial charge in [-0.05, 0) is 143 Å². The molecule has 0 spiro atoms. The molecular formula is C40H67N. The Morgan fingerprint density at radius 3 is 1.49 bits per heavy atom. The van der Waals surface area contributed by atoms with Crippen LogP contribution >= 0.6 is 0 Å². The molecule has 0 heterocycles. The maximum absolute atomic E-state index is 3.31. The van der Waals surface area contributed by atoms with E-state index >= 15 is 0 Å². The zero-order chi connectivity index (χ0) is 27.2. The molecule has 8 saturated carbocycles. The maximum Gasteiger partial charge on any atom is 0.0104 e. The van der Waals surface area contributed by atoms with Gasteiger partial charge in [0.25, 0.3) is 0 Å². The van der Waals surface area contributed by atoms with Crippen LogP contribution in [0, 0.1) is 59.2 Å². The van der Waals surface area contributed by atoms with Crippen LogP contribution in [0.2, 0.25) is 0 Å². The highest BCUT2D eigenvalue weighted by Crippen LogP contribution is 2.61. The monoisotopic (exact) mass is 562 g/mol. The van der Waals surface area contributed by atoms with E-state index in [0.29, 0.717) is 0 Å². The van der Waals surface area contributed by atoms with Gasteiger partial charge in [-0.2, -0.15) is 0 Å². The third-order valence-corrected chi connectivity index (χ3v) is 16.0. The number of fused-ring (bicyclic) bond motifs is 4. The first-order chi connectivity index (χ1) is 20.3. The van der Waals surface area contributed by atoms with E-state index in [1.165, 1.54) is 51.4 Å². The van der Waals surface area contributed by atoms with Gasteiger partial charge in [0.05, 0.1) is 0 Å². The van der Waals surface area contributed by atoms with E-state index < -0.39 is 0 Å². The number of hydrogen-bond acceptors (Lipinski definition) is 1. The van der Waals surface area contributed by atoms with E-state index in [1.807, 2.05) is 0 Å². The molecule has 0 aliphatic heterocycles. The average molecular weight is 562 g/mol. The van der Waals surface area contributed by atoms with E-state index in [2.05, 4.69) is 4.90 Å². The van der Waals surface area contributed by atoms with Crippen LogP contribution in [0.5, 0.6) is 0 Å². The summed E-state index contributed by atoms with van der Waals surface area (Å²) < 4.78 is 0. The summed E-state index contributed by atoms with van der Waals surface area (Å²) in [6, 6.07) is 2.83. The van der Waals surface area contributed by atoms with Crippen LogP contribution in [-0.2, 0) is 0 Å². The van der Waals surface area contributed by atoms with Gasteiger partial charge < -0.3 is 0 Å². The third kappa shape index (κ3) is 5.76.